The first-order valence-electron chi connectivity index (χ1n) is 6.14. The Kier molecular flexibility index (Phi) is 3.84. The minimum absolute atomic E-state index is 0.108. The van der Waals surface area contributed by atoms with Crippen molar-refractivity contribution < 1.29 is 9.90 Å². The van der Waals surface area contributed by atoms with E-state index in [0.717, 1.165) is 19.3 Å². The maximum Gasteiger partial charge on any atom is 0.320 e. The van der Waals surface area contributed by atoms with Crippen molar-refractivity contribution in [3.63, 3.8) is 0 Å². The van der Waals surface area contributed by atoms with Crippen LogP contribution in [0.15, 0.2) is 11.4 Å². The molecule has 1 aromatic heterocycles. The predicted molar refractivity (Wildman–Crippen MR) is 69.4 cm³/mol. The second-order valence-corrected chi connectivity index (χ2v) is 5.97. The summed E-state index contributed by atoms with van der Waals surface area (Å²) in [6, 6.07) is 1.90. The van der Waals surface area contributed by atoms with Gasteiger partial charge in [-0.25, -0.2) is 0 Å². The van der Waals surface area contributed by atoms with Crippen LogP contribution in [0.5, 0.6) is 0 Å². The SMILES string of the molecule is CC(C)C(NC1CCCc2sccc21)C(=O)O. The Bertz CT molecular complexity index is 400. The van der Waals surface area contributed by atoms with Gasteiger partial charge < -0.3 is 5.11 Å². The van der Waals surface area contributed by atoms with Gasteiger partial charge in [0.05, 0.1) is 0 Å². The first kappa shape index (κ1) is 12.6. The number of aliphatic carboxylic acids is 1. The van der Waals surface area contributed by atoms with Crippen molar-refractivity contribution in [1.29, 1.82) is 0 Å². The van der Waals surface area contributed by atoms with Gasteiger partial charge in [0.1, 0.15) is 6.04 Å². The molecule has 0 aromatic carbocycles. The Balaban J connectivity index is 2.12. The summed E-state index contributed by atoms with van der Waals surface area (Å²) in [4.78, 5) is 12.6. The van der Waals surface area contributed by atoms with Gasteiger partial charge in [-0.1, -0.05) is 13.8 Å². The number of carbonyl (C=O) groups is 1. The molecule has 0 saturated carbocycles. The highest BCUT2D eigenvalue weighted by Crippen LogP contribution is 2.33. The molecule has 0 saturated heterocycles. The molecule has 0 spiro atoms. The van der Waals surface area contributed by atoms with Crippen LogP contribution in [0.1, 0.15) is 43.2 Å². The van der Waals surface area contributed by atoms with Gasteiger partial charge in [-0.3, -0.25) is 10.1 Å². The smallest absolute Gasteiger partial charge is 0.320 e. The minimum Gasteiger partial charge on any atom is -0.480 e. The molecule has 1 heterocycles. The molecule has 0 fully saturated rings. The molecule has 1 aliphatic rings. The lowest BCUT2D eigenvalue weighted by Gasteiger charge is -2.28. The van der Waals surface area contributed by atoms with E-state index in [1.54, 1.807) is 11.3 Å². The topological polar surface area (TPSA) is 49.3 Å². The fourth-order valence-corrected chi connectivity index (χ4v) is 3.41. The van der Waals surface area contributed by atoms with Crippen LogP contribution >= 0.6 is 11.3 Å². The Morgan fingerprint density at radius 3 is 3.00 bits per heavy atom. The second kappa shape index (κ2) is 5.19. The van der Waals surface area contributed by atoms with E-state index in [-0.39, 0.29) is 12.0 Å². The summed E-state index contributed by atoms with van der Waals surface area (Å²) in [5.41, 5.74) is 1.31. The molecular formula is C13H19NO2S. The molecule has 4 heteroatoms. The van der Waals surface area contributed by atoms with Crippen LogP contribution in [0.3, 0.4) is 0 Å². The quantitative estimate of drug-likeness (QED) is 0.867. The molecule has 3 nitrogen and oxygen atoms in total. The second-order valence-electron chi connectivity index (χ2n) is 4.97. The van der Waals surface area contributed by atoms with Crippen LogP contribution < -0.4 is 5.32 Å². The van der Waals surface area contributed by atoms with Gasteiger partial charge in [-0.05, 0) is 42.2 Å². The molecule has 0 bridgehead atoms. The lowest BCUT2D eigenvalue weighted by molar-refractivity contribution is -0.141. The highest BCUT2D eigenvalue weighted by molar-refractivity contribution is 7.10. The monoisotopic (exact) mass is 253 g/mol. The molecule has 2 rings (SSSR count). The van der Waals surface area contributed by atoms with Crippen LogP contribution in [-0.2, 0) is 11.2 Å². The molecule has 1 aliphatic carbocycles. The van der Waals surface area contributed by atoms with E-state index < -0.39 is 12.0 Å². The summed E-state index contributed by atoms with van der Waals surface area (Å²) in [7, 11) is 0. The maximum atomic E-state index is 11.2. The summed E-state index contributed by atoms with van der Waals surface area (Å²) in [5.74, 6) is -0.640. The van der Waals surface area contributed by atoms with E-state index in [4.69, 9.17) is 0 Å². The summed E-state index contributed by atoms with van der Waals surface area (Å²) in [5, 5.41) is 14.6. The molecule has 0 amide bonds. The van der Waals surface area contributed by atoms with E-state index in [2.05, 4.69) is 16.8 Å². The molecule has 1 aromatic rings. The zero-order chi connectivity index (χ0) is 12.4. The van der Waals surface area contributed by atoms with Crippen molar-refractivity contribution in [1.82, 2.24) is 5.32 Å². The zero-order valence-corrected chi connectivity index (χ0v) is 11.1. The number of carboxylic acid groups (broad SMARTS) is 1. The van der Waals surface area contributed by atoms with Gasteiger partial charge in [-0.2, -0.15) is 0 Å². The number of nitrogens with one attached hydrogen (secondary N) is 1. The van der Waals surface area contributed by atoms with E-state index >= 15 is 0 Å². The van der Waals surface area contributed by atoms with Crippen molar-refractivity contribution >= 4 is 17.3 Å². The predicted octanol–water partition coefficient (Wildman–Crippen LogP) is 2.82. The van der Waals surface area contributed by atoms with Crippen molar-refractivity contribution in [2.24, 2.45) is 5.92 Å². The molecule has 0 radical (unpaired) electrons. The van der Waals surface area contributed by atoms with E-state index in [1.165, 1.54) is 10.4 Å². The van der Waals surface area contributed by atoms with Crippen LogP contribution in [0.2, 0.25) is 0 Å². The molecule has 2 unspecified atom stereocenters. The molecule has 2 atom stereocenters. The third kappa shape index (κ3) is 2.69. The summed E-state index contributed by atoms with van der Waals surface area (Å²) >= 11 is 1.79. The third-order valence-electron chi connectivity index (χ3n) is 3.37. The number of rotatable bonds is 4. The fourth-order valence-electron chi connectivity index (χ4n) is 2.43. The maximum absolute atomic E-state index is 11.2. The number of thiophene rings is 1. The standard InChI is InChI=1S/C13H19NO2S/c1-8(2)12(13(15)16)14-10-4-3-5-11-9(10)6-7-17-11/h6-8,10,12,14H,3-5H2,1-2H3,(H,15,16). The molecule has 17 heavy (non-hydrogen) atoms. The summed E-state index contributed by atoms with van der Waals surface area (Å²) in [6.45, 7) is 3.90. The van der Waals surface area contributed by atoms with Gasteiger partial charge >= 0.3 is 5.97 Å². The normalized spacial score (nSPS) is 21.2. The first-order valence-corrected chi connectivity index (χ1v) is 7.02. The summed E-state index contributed by atoms with van der Waals surface area (Å²) < 4.78 is 0. The van der Waals surface area contributed by atoms with Gasteiger partial charge in [0.25, 0.3) is 0 Å². The van der Waals surface area contributed by atoms with Gasteiger partial charge in [0, 0.05) is 10.9 Å². The molecule has 94 valence electrons. The zero-order valence-electron chi connectivity index (χ0n) is 10.3. The Hall–Kier alpha value is -0.870. The lowest BCUT2D eigenvalue weighted by Crippen LogP contribution is -2.43. The summed E-state index contributed by atoms with van der Waals surface area (Å²) in [6.07, 6.45) is 3.33. The van der Waals surface area contributed by atoms with Crippen molar-refractivity contribution in [2.45, 2.75) is 45.2 Å². The average molecular weight is 253 g/mol. The van der Waals surface area contributed by atoms with Crippen LogP contribution in [0.25, 0.3) is 0 Å². The molecular weight excluding hydrogens is 234 g/mol. The highest BCUT2D eigenvalue weighted by atomic mass is 32.1. The van der Waals surface area contributed by atoms with E-state index in [9.17, 15) is 9.90 Å². The van der Waals surface area contributed by atoms with Crippen LogP contribution in [0, 0.1) is 5.92 Å². The average Bonchev–Trinajstić information content (AvgIpc) is 2.73. The third-order valence-corrected chi connectivity index (χ3v) is 4.36. The van der Waals surface area contributed by atoms with E-state index in [0.29, 0.717) is 0 Å². The number of hydrogen-bond donors (Lipinski definition) is 2. The molecule has 2 N–H and O–H groups in total. The Morgan fingerprint density at radius 1 is 1.59 bits per heavy atom. The number of fused-ring (bicyclic) bond motifs is 1. The first-order chi connectivity index (χ1) is 8.09. The van der Waals surface area contributed by atoms with Crippen molar-refractivity contribution in [3.8, 4) is 0 Å². The Labute approximate surface area is 106 Å². The van der Waals surface area contributed by atoms with Crippen molar-refractivity contribution in [2.75, 3.05) is 0 Å². The highest BCUT2D eigenvalue weighted by Gasteiger charge is 2.28. The van der Waals surface area contributed by atoms with Crippen molar-refractivity contribution in [3.05, 3.63) is 21.9 Å². The number of aryl methyl sites for hydroxylation is 1. The van der Waals surface area contributed by atoms with E-state index in [1.807, 2.05) is 13.8 Å². The van der Waals surface area contributed by atoms with Crippen LogP contribution in [0.4, 0.5) is 0 Å². The largest absolute Gasteiger partial charge is 0.480 e. The Morgan fingerprint density at radius 2 is 2.35 bits per heavy atom. The number of hydrogen-bond acceptors (Lipinski definition) is 3. The minimum atomic E-state index is -0.748. The fraction of sp³-hybridized carbons (Fsp3) is 0.615. The lowest BCUT2D eigenvalue weighted by atomic mass is 9.92. The van der Waals surface area contributed by atoms with Gasteiger partial charge in [0.15, 0.2) is 0 Å². The molecule has 0 aliphatic heterocycles. The van der Waals surface area contributed by atoms with Gasteiger partial charge in [0.2, 0.25) is 0 Å². The number of carboxylic acids is 1. The van der Waals surface area contributed by atoms with Gasteiger partial charge in [-0.15, -0.1) is 11.3 Å². The van der Waals surface area contributed by atoms with Crippen LogP contribution in [-0.4, -0.2) is 17.1 Å².